The number of rotatable bonds is 8. The molecule has 1 atom stereocenters. The van der Waals surface area contributed by atoms with Crippen LogP contribution in [0.4, 0.5) is 0 Å². The molecule has 0 aromatic heterocycles. The number of nitrogens with zero attached hydrogens (tertiary/aromatic N) is 3. The van der Waals surface area contributed by atoms with Gasteiger partial charge in [-0.3, -0.25) is 14.5 Å². The Morgan fingerprint density at radius 3 is 2.42 bits per heavy atom. The Bertz CT molecular complexity index is 976. The Labute approximate surface area is 184 Å². The summed E-state index contributed by atoms with van der Waals surface area (Å²) in [6, 6.07) is 15.6. The van der Waals surface area contributed by atoms with E-state index in [-0.39, 0.29) is 22.4 Å². The molecule has 0 saturated carbocycles. The number of carbonyl (C=O) groups is 1. The van der Waals surface area contributed by atoms with Gasteiger partial charge in [0, 0.05) is 45.3 Å². The van der Waals surface area contributed by atoms with Gasteiger partial charge in [0.05, 0.1) is 18.0 Å². The summed E-state index contributed by atoms with van der Waals surface area (Å²) in [7, 11) is 0.855. The lowest BCUT2D eigenvalue weighted by molar-refractivity contribution is -0.0258. The first-order valence-electron chi connectivity index (χ1n) is 10.2. The predicted octanol–water partition coefficient (Wildman–Crippen LogP) is 1.59. The molecule has 1 aliphatic heterocycles. The van der Waals surface area contributed by atoms with E-state index in [2.05, 4.69) is 22.2 Å². The Kier molecular flexibility index (Phi) is 7.79. The molecule has 31 heavy (non-hydrogen) atoms. The summed E-state index contributed by atoms with van der Waals surface area (Å²) in [4.78, 5) is 22.5. The molecule has 1 saturated heterocycles. The normalized spacial score (nSPS) is 16.9. The zero-order valence-corrected chi connectivity index (χ0v) is 19.0. The maximum atomic E-state index is 13.1. The molecule has 1 aliphatic rings. The molecule has 0 radical (unpaired) electrons. The summed E-state index contributed by atoms with van der Waals surface area (Å²) in [5, 5.41) is 3.10. The van der Waals surface area contributed by atoms with Gasteiger partial charge in [-0.25, -0.2) is 8.42 Å². The number of likely N-dealkylation sites (N-methyl/N-ethyl adjacent to an activating group) is 1. The third-order valence-corrected chi connectivity index (χ3v) is 7.21. The molecule has 8 nitrogen and oxygen atoms in total. The number of nitrogens with one attached hydrogen (secondary N) is 1. The highest BCUT2D eigenvalue weighted by Crippen LogP contribution is 2.19. The molecule has 2 aromatic carbocycles. The molecule has 1 N–H and O–H groups in total. The summed E-state index contributed by atoms with van der Waals surface area (Å²) in [5.41, 5.74) is 1.29. The number of hydrogen-bond donors (Lipinski definition) is 1. The maximum Gasteiger partial charge on any atom is 0.264 e. The van der Waals surface area contributed by atoms with E-state index in [0.29, 0.717) is 6.54 Å². The lowest BCUT2D eigenvalue weighted by Crippen LogP contribution is -2.47. The topological polar surface area (TPSA) is 82.2 Å². The van der Waals surface area contributed by atoms with Crippen molar-refractivity contribution in [1.29, 1.82) is 0 Å². The van der Waals surface area contributed by atoms with Crippen molar-refractivity contribution in [1.82, 2.24) is 19.6 Å². The Hall–Kier alpha value is -2.30. The van der Waals surface area contributed by atoms with E-state index in [1.807, 2.05) is 30.3 Å². The van der Waals surface area contributed by atoms with Gasteiger partial charge in [0.2, 0.25) is 0 Å². The fraction of sp³-hybridized carbons (Fsp3) is 0.409. The minimum atomic E-state index is -3.84. The van der Waals surface area contributed by atoms with Gasteiger partial charge in [-0.2, -0.15) is 0 Å². The third-order valence-electron chi connectivity index (χ3n) is 5.53. The van der Waals surface area contributed by atoms with Crippen molar-refractivity contribution in [3.63, 3.8) is 0 Å². The van der Waals surface area contributed by atoms with Crippen LogP contribution >= 0.6 is 0 Å². The van der Waals surface area contributed by atoms with E-state index in [0.717, 1.165) is 36.2 Å². The summed E-state index contributed by atoms with van der Waals surface area (Å²) in [6.45, 7) is 4.54. The lowest BCUT2D eigenvalue weighted by Gasteiger charge is -2.35. The Morgan fingerprint density at radius 2 is 1.77 bits per heavy atom. The van der Waals surface area contributed by atoms with Gasteiger partial charge in [-0.05, 0) is 30.8 Å². The van der Waals surface area contributed by atoms with Crippen LogP contribution in [0, 0.1) is 0 Å². The van der Waals surface area contributed by atoms with Crippen LogP contribution in [0.3, 0.4) is 0 Å². The zero-order valence-electron chi connectivity index (χ0n) is 18.2. The minimum Gasteiger partial charge on any atom is -0.344 e. The van der Waals surface area contributed by atoms with E-state index in [1.54, 1.807) is 12.1 Å². The van der Waals surface area contributed by atoms with Crippen molar-refractivity contribution >= 4 is 15.9 Å². The smallest absolute Gasteiger partial charge is 0.264 e. The predicted molar refractivity (Wildman–Crippen MR) is 119 cm³/mol. The molecule has 2 aromatic rings. The van der Waals surface area contributed by atoms with Crippen LogP contribution in [0.15, 0.2) is 59.5 Å². The van der Waals surface area contributed by atoms with Gasteiger partial charge < -0.3 is 10.2 Å². The van der Waals surface area contributed by atoms with Gasteiger partial charge >= 0.3 is 0 Å². The molecule has 0 bridgehead atoms. The largest absolute Gasteiger partial charge is 0.344 e. The third kappa shape index (κ3) is 5.90. The number of hydroxylamine groups is 1. The van der Waals surface area contributed by atoms with E-state index >= 15 is 0 Å². The summed E-state index contributed by atoms with van der Waals surface area (Å²) < 4.78 is 25.8. The van der Waals surface area contributed by atoms with Crippen molar-refractivity contribution < 1.29 is 18.0 Å². The molecule has 168 valence electrons. The number of hydrogen-bond acceptors (Lipinski definition) is 6. The molecule has 0 aliphatic carbocycles. The lowest BCUT2D eigenvalue weighted by atomic mass is 10.0. The van der Waals surface area contributed by atoms with E-state index in [9.17, 15) is 13.2 Å². The maximum absolute atomic E-state index is 13.1. The number of amides is 1. The van der Waals surface area contributed by atoms with Crippen molar-refractivity contribution in [3.05, 3.63) is 65.7 Å². The fourth-order valence-electron chi connectivity index (χ4n) is 3.49. The van der Waals surface area contributed by atoms with Crippen molar-refractivity contribution in [2.24, 2.45) is 0 Å². The molecule has 0 spiro atoms. The first kappa shape index (κ1) is 23.4. The second-order valence-corrected chi connectivity index (χ2v) is 9.60. The second-order valence-electron chi connectivity index (χ2n) is 7.67. The average molecular weight is 447 g/mol. The average Bonchev–Trinajstić information content (AvgIpc) is 2.80. The van der Waals surface area contributed by atoms with E-state index in [4.69, 9.17) is 4.84 Å². The summed E-state index contributed by atoms with van der Waals surface area (Å²) in [5.74, 6) is -0.319. The van der Waals surface area contributed by atoms with Crippen LogP contribution in [0.5, 0.6) is 0 Å². The Balaban J connectivity index is 1.80. The molecule has 1 amide bonds. The molecule has 1 heterocycles. The minimum absolute atomic E-state index is 0.000159. The van der Waals surface area contributed by atoms with Crippen LogP contribution < -0.4 is 5.32 Å². The molecule has 1 fully saturated rings. The Morgan fingerprint density at radius 1 is 1.10 bits per heavy atom. The quantitative estimate of drug-likeness (QED) is 0.620. The van der Waals surface area contributed by atoms with Crippen LogP contribution in [-0.4, -0.2) is 82.5 Å². The first-order valence-corrected chi connectivity index (χ1v) is 11.6. The summed E-state index contributed by atoms with van der Waals surface area (Å²) >= 11 is 0. The molecule has 9 heteroatoms. The van der Waals surface area contributed by atoms with Crippen LogP contribution in [0.25, 0.3) is 0 Å². The van der Waals surface area contributed by atoms with E-state index < -0.39 is 10.0 Å². The fourth-order valence-corrected chi connectivity index (χ4v) is 4.51. The zero-order chi connectivity index (χ0) is 22.4. The highest BCUT2D eigenvalue weighted by Gasteiger charge is 2.24. The SMILES string of the molecule is CON(C)S(=O)(=O)c1cccc(C(=O)NC(CN2CCN(C)CC2)c2ccccc2)c1. The number of piperazine rings is 1. The monoisotopic (exact) mass is 446 g/mol. The van der Waals surface area contributed by atoms with Gasteiger partial charge in [-0.15, -0.1) is 0 Å². The number of carbonyl (C=O) groups excluding carboxylic acids is 1. The standard InChI is InChI=1S/C22H30N4O4S/c1-24-12-14-26(15-13-24)17-21(18-8-5-4-6-9-18)23-22(27)19-10-7-11-20(16-19)31(28,29)25(2)30-3/h4-11,16,21H,12-15,17H2,1-3H3,(H,23,27). The molecule has 1 unspecified atom stereocenters. The van der Waals surface area contributed by atoms with Gasteiger partial charge in [0.25, 0.3) is 15.9 Å². The van der Waals surface area contributed by atoms with E-state index in [1.165, 1.54) is 26.3 Å². The van der Waals surface area contributed by atoms with Crippen molar-refractivity contribution in [2.75, 3.05) is 53.9 Å². The van der Waals surface area contributed by atoms with Gasteiger partial charge in [0.15, 0.2) is 0 Å². The molecular weight excluding hydrogens is 416 g/mol. The molecule has 3 rings (SSSR count). The van der Waals surface area contributed by atoms with Crippen molar-refractivity contribution in [3.8, 4) is 0 Å². The molecular formula is C22H30N4O4S. The highest BCUT2D eigenvalue weighted by molar-refractivity contribution is 7.89. The first-order chi connectivity index (χ1) is 14.8. The van der Waals surface area contributed by atoms with Crippen LogP contribution in [0.1, 0.15) is 22.0 Å². The van der Waals surface area contributed by atoms with Gasteiger partial charge in [0.1, 0.15) is 0 Å². The van der Waals surface area contributed by atoms with Crippen LogP contribution in [0.2, 0.25) is 0 Å². The highest BCUT2D eigenvalue weighted by atomic mass is 32.2. The van der Waals surface area contributed by atoms with Crippen LogP contribution in [-0.2, 0) is 14.9 Å². The van der Waals surface area contributed by atoms with Crippen molar-refractivity contribution in [2.45, 2.75) is 10.9 Å². The summed E-state index contributed by atoms with van der Waals surface area (Å²) in [6.07, 6.45) is 0. The number of sulfonamides is 1. The second kappa shape index (κ2) is 10.3. The van der Waals surface area contributed by atoms with Gasteiger partial charge in [-0.1, -0.05) is 40.9 Å². The number of benzene rings is 2.